The van der Waals surface area contributed by atoms with Crippen LogP contribution in [0, 0.1) is 10.1 Å². The van der Waals surface area contributed by atoms with Crippen LogP contribution >= 0.6 is 0 Å². The number of piperidine rings is 1. The third kappa shape index (κ3) is 4.36. The van der Waals surface area contributed by atoms with Crippen molar-refractivity contribution < 1.29 is 42.6 Å². The maximum absolute atomic E-state index is 13.4. The minimum atomic E-state index is -4.85. The molecule has 10 nitrogen and oxygen atoms in total. The van der Waals surface area contributed by atoms with E-state index in [4.69, 9.17) is 4.74 Å². The number of likely N-dealkylation sites (tertiary alicyclic amines) is 1. The van der Waals surface area contributed by atoms with Crippen molar-refractivity contribution in [3.63, 3.8) is 0 Å². The molecule has 4 aliphatic rings. The highest BCUT2D eigenvalue weighted by Crippen LogP contribution is 2.67. The molecule has 0 radical (unpaired) electrons. The Labute approximate surface area is 244 Å². The SMILES string of the molecule is C=CCN1CC[C@]23c4c5c([N+](=O)[O-])cc(O)c4OC2C(N(C)C(=O)/C=C/c2cccc(OC(F)(F)F)c2)CC[C@@]3(O)[C@H]1C5. The van der Waals surface area contributed by atoms with Crippen LogP contribution in [0.15, 0.2) is 49.1 Å². The van der Waals surface area contributed by atoms with Gasteiger partial charge in [0.2, 0.25) is 5.91 Å². The van der Waals surface area contributed by atoms with E-state index in [0.29, 0.717) is 42.6 Å². The number of hydrogen-bond acceptors (Lipinski definition) is 8. The molecule has 1 saturated heterocycles. The number of phenolic OH excluding ortho intramolecular Hbond substituents is 1. The number of halogens is 3. The van der Waals surface area contributed by atoms with E-state index in [2.05, 4.69) is 16.2 Å². The molecule has 2 N–H and O–H groups in total. The Morgan fingerprint density at radius 2 is 2.12 bits per heavy atom. The maximum atomic E-state index is 13.4. The van der Waals surface area contributed by atoms with Crippen molar-refractivity contribution in [1.82, 2.24) is 9.80 Å². The molecule has 6 rings (SSSR count). The van der Waals surface area contributed by atoms with E-state index < -0.39 is 57.9 Å². The number of benzene rings is 2. The van der Waals surface area contributed by atoms with E-state index in [1.54, 1.807) is 13.1 Å². The van der Waals surface area contributed by atoms with Gasteiger partial charge < -0.3 is 24.6 Å². The van der Waals surface area contributed by atoms with Gasteiger partial charge in [-0.3, -0.25) is 19.8 Å². The summed E-state index contributed by atoms with van der Waals surface area (Å²) in [4.78, 5) is 28.5. The van der Waals surface area contributed by atoms with E-state index in [-0.39, 0.29) is 24.3 Å². The third-order valence-corrected chi connectivity index (χ3v) is 9.56. The first-order valence-corrected chi connectivity index (χ1v) is 13.9. The summed E-state index contributed by atoms with van der Waals surface area (Å²) in [5.74, 6) is -1.17. The summed E-state index contributed by atoms with van der Waals surface area (Å²) in [5.41, 5.74) is -1.53. The Hall–Kier alpha value is -4.10. The van der Waals surface area contributed by atoms with E-state index in [9.17, 15) is 38.3 Å². The van der Waals surface area contributed by atoms with E-state index >= 15 is 0 Å². The molecule has 1 amide bonds. The standard InChI is InChI=1S/C30H30F3N3O7/c1-3-12-35-13-11-28-25-19-15-23(35)29(28,39)10-9-20(27(28)42-26(25)22(37)16-21(19)36(40)41)34(2)24(38)8-7-17-5-4-6-18(14-17)43-30(31,32)33/h3-8,14,16,20,23,27,37,39H,1,9-13,15H2,2H3/b8-7+/t20?,23-,27?,28+,29-/m1/s1. The van der Waals surface area contributed by atoms with Crippen LogP contribution in [-0.2, 0) is 16.6 Å². The van der Waals surface area contributed by atoms with Gasteiger partial charge in [-0.15, -0.1) is 19.8 Å². The van der Waals surface area contributed by atoms with Gasteiger partial charge in [0.15, 0.2) is 11.5 Å². The minimum absolute atomic E-state index is 0.101. The van der Waals surface area contributed by atoms with E-state index in [0.717, 1.165) is 18.2 Å². The third-order valence-electron chi connectivity index (χ3n) is 9.56. The smallest absolute Gasteiger partial charge is 0.504 e. The fraction of sp³-hybridized carbons (Fsp3) is 0.433. The van der Waals surface area contributed by atoms with Crippen molar-refractivity contribution in [2.75, 3.05) is 20.1 Å². The number of hydrogen-bond donors (Lipinski definition) is 2. The molecule has 2 aliphatic heterocycles. The number of carbonyl (C=O) groups is 1. The second kappa shape index (κ2) is 9.98. The Bertz CT molecular complexity index is 1550. The molecule has 2 heterocycles. The van der Waals surface area contributed by atoms with Crippen molar-refractivity contribution in [3.05, 3.63) is 75.9 Å². The van der Waals surface area contributed by atoms with Crippen molar-refractivity contribution in [2.24, 2.45) is 0 Å². The summed E-state index contributed by atoms with van der Waals surface area (Å²) < 4.78 is 48.3. The Morgan fingerprint density at radius 1 is 1.35 bits per heavy atom. The van der Waals surface area contributed by atoms with Crippen LogP contribution in [0.1, 0.15) is 36.0 Å². The number of carbonyl (C=O) groups excluding carboxylic acids is 1. The normalized spacial score (nSPS) is 29.1. The molecule has 2 aromatic rings. The average molecular weight is 602 g/mol. The van der Waals surface area contributed by atoms with E-state index in [1.165, 1.54) is 29.2 Å². The second-order valence-corrected chi connectivity index (χ2v) is 11.6. The molecule has 1 saturated carbocycles. The van der Waals surface area contributed by atoms with Crippen LogP contribution in [0.25, 0.3) is 6.08 Å². The molecule has 13 heteroatoms. The van der Waals surface area contributed by atoms with Crippen LogP contribution in [0.3, 0.4) is 0 Å². The van der Waals surface area contributed by atoms with Gasteiger partial charge in [-0.2, -0.15) is 0 Å². The molecule has 0 aromatic heterocycles. The molecule has 2 aromatic carbocycles. The fourth-order valence-electron chi connectivity index (χ4n) is 7.88. The van der Waals surface area contributed by atoms with Gasteiger partial charge in [-0.25, -0.2) is 0 Å². The lowest BCUT2D eigenvalue weighted by Gasteiger charge is -2.64. The van der Waals surface area contributed by atoms with Crippen LogP contribution in [-0.4, -0.2) is 81.1 Å². The predicted octanol–water partition coefficient (Wildman–Crippen LogP) is 4.08. The second-order valence-electron chi connectivity index (χ2n) is 11.6. The van der Waals surface area contributed by atoms with Crippen LogP contribution < -0.4 is 9.47 Å². The molecule has 228 valence electrons. The quantitative estimate of drug-likeness (QED) is 0.211. The van der Waals surface area contributed by atoms with Crippen LogP contribution in [0.2, 0.25) is 0 Å². The van der Waals surface area contributed by atoms with Gasteiger partial charge in [-0.05, 0) is 56.0 Å². The van der Waals surface area contributed by atoms with Gasteiger partial charge in [0.05, 0.1) is 28.0 Å². The highest BCUT2D eigenvalue weighted by molar-refractivity contribution is 5.92. The number of likely N-dealkylation sites (N-methyl/N-ethyl adjacent to an activating group) is 1. The topological polar surface area (TPSA) is 126 Å². The summed E-state index contributed by atoms with van der Waals surface area (Å²) in [6, 6.07) is 5.25. The number of nitrogens with zero attached hydrogens (tertiary/aromatic N) is 3. The Kier molecular flexibility index (Phi) is 6.73. The fourth-order valence-corrected chi connectivity index (χ4v) is 7.88. The molecular weight excluding hydrogens is 571 g/mol. The Morgan fingerprint density at radius 3 is 2.81 bits per heavy atom. The monoisotopic (exact) mass is 601 g/mol. The summed E-state index contributed by atoms with van der Waals surface area (Å²) in [6.45, 7) is 4.85. The lowest BCUT2D eigenvalue weighted by atomic mass is 9.48. The molecule has 5 atom stereocenters. The number of aliphatic hydroxyl groups is 1. The number of aromatic hydroxyl groups is 1. The maximum Gasteiger partial charge on any atom is 0.573 e. The van der Waals surface area contributed by atoms with Gasteiger partial charge in [-0.1, -0.05) is 18.2 Å². The minimum Gasteiger partial charge on any atom is -0.504 e. The van der Waals surface area contributed by atoms with Crippen molar-refractivity contribution in [1.29, 1.82) is 0 Å². The molecular formula is C30H30F3N3O7. The highest BCUT2D eigenvalue weighted by atomic mass is 19.4. The predicted molar refractivity (Wildman–Crippen MR) is 148 cm³/mol. The molecule has 2 bridgehead atoms. The zero-order chi connectivity index (χ0) is 30.9. The van der Waals surface area contributed by atoms with E-state index in [1.807, 2.05) is 0 Å². The number of alkyl halides is 3. The first-order chi connectivity index (χ1) is 20.3. The lowest BCUT2D eigenvalue weighted by molar-refractivity contribution is -0.386. The summed E-state index contributed by atoms with van der Waals surface area (Å²) in [6.07, 6.45) is -0.139. The number of ether oxygens (including phenoxy) is 2. The zero-order valence-electron chi connectivity index (χ0n) is 23.2. The first-order valence-electron chi connectivity index (χ1n) is 13.9. The van der Waals surface area contributed by atoms with Gasteiger partial charge in [0.1, 0.15) is 11.9 Å². The molecule has 2 unspecified atom stereocenters. The summed E-state index contributed by atoms with van der Waals surface area (Å²) in [5, 5.41) is 35.5. The zero-order valence-corrected chi connectivity index (χ0v) is 23.2. The first kappa shape index (κ1) is 29.0. The molecule has 2 aliphatic carbocycles. The molecule has 1 spiro atoms. The highest BCUT2D eigenvalue weighted by Gasteiger charge is 2.74. The largest absolute Gasteiger partial charge is 0.573 e. The molecule has 2 fully saturated rings. The Balaban J connectivity index is 1.36. The van der Waals surface area contributed by atoms with Gasteiger partial charge >= 0.3 is 6.36 Å². The number of rotatable bonds is 7. The number of nitro benzene ring substituents is 1. The van der Waals surface area contributed by atoms with Gasteiger partial charge in [0.25, 0.3) is 5.69 Å². The number of nitro groups is 1. The molecule has 43 heavy (non-hydrogen) atoms. The van der Waals surface area contributed by atoms with Crippen LogP contribution in [0.4, 0.5) is 18.9 Å². The van der Waals surface area contributed by atoms with Gasteiger partial charge in [0, 0.05) is 36.8 Å². The van der Waals surface area contributed by atoms with Crippen molar-refractivity contribution in [2.45, 2.75) is 61.2 Å². The number of amides is 1. The van der Waals surface area contributed by atoms with Crippen molar-refractivity contribution >= 4 is 17.7 Å². The van der Waals surface area contributed by atoms with Crippen LogP contribution in [0.5, 0.6) is 17.2 Å². The summed E-state index contributed by atoms with van der Waals surface area (Å²) in [7, 11) is 1.57. The average Bonchev–Trinajstić information content (AvgIpc) is 3.28. The number of phenols is 1. The summed E-state index contributed by atoms with van der Waals surface area (Å²) >= 11 is 0. The lowest BCUT2D eigenvalue weighted by Crippen LogP contribution is -2.78. The van der Waals surface area contributed by atoms with Crippen molar-refractivity contribution in [3.8, 4) is 17.2 Å².